The van der Waals surface area contributed by atoms with Crippen molar-refractivity contribution in [3.63, 3.8) is 0 Å². The minimum absolute atomic E-state index is 0.0130. The zero-order valence-electron chi connectivity index (χ0n) is 12.1. The molecular formula is C16H24N2O2. The van der Waals surface area contributed by atoms with Gasteiger partial charge < -0.3 is 15.3 Å². The molecular weight excluding hydrogens is 252 g/mol. The van der Waals surface area contributed by atoms with Crippen molar-refractivity contribution >= 4 is 5.91 Å². The molecule has 4 nitrogen and oxygen atoms in total. The number of carbonyl (C=O) groups excluding carboxylic acids is 1. The number of benzene rings is 1. The molecule has 2 rings (SSSR count). The second-order valence-electron chi connectivity index (χ2n) is 5.55. The van der Waals surface area contributed by atoms with Crippen LogP contribution in [0.3, 0.4) is 0 Å². The summed E-state index contributed by atoms with van der Waals surface area (Å²) in [7, 11) is 0. The second-order valence-corrected chi connectivity index (χ2v) is 5.55. The molecule has 2 unspecified atom stereocenters. The molecule has 1 fully saturated rings. The molecule has 0 aromatic heterocycles. The number of nitrogens with zero attached hydrogens (tertiary/aromatic N) is 1. The number of aliphatic hydroxyl groups excluding tert-OH is 1. The highest BCUT2D eigenvalue weighted by Gasteiger charge is 2.28. The molecule has 1 aromatic carbocycles. The van der Waals surface area contributed by atoms with Crippen molar-refractivity contribution in [2.75, 3.05) is 19.7 Å². The first-order valence-corrected chi connectivity index (χ1v) is 7.37. The Hall–Kier alpha value is -1.39. The largest absolute Gasteiger partial charge is 0.395 e. The maximum atomic E-state index is 12.6. The fourth-order valence-electron chi connectivity index (χ4n) is 2.81. The lowest BCUT2D eigenvalue weighted by Gasteiger charge is -2.32. The topological polar surface area (TPSA) is 52.6 Å². The molecule has 1 heterocycles. The Morgan fingerprint density at radius 3 is 2.80 bits per heavy atom. The third kappa shape index (κ3) is 4.05. The van der Waals surface area contributed by atoms with Crippen LogP contribution in [0.5, 0.6) is 0 Å². The lowest BCUT2D eigenvalue weighted by atomic mass is 9.92. The highest BCUT2D eigenvalue weighted by molar-refractivity contribution is 5.79. The maximum Gasteiger partial charge on any atom is 0.226 e. The first-order valence-electron chi connectivity index (χ1n) is 7.37. The third-order valence-corrected chi connectivity index (χ3v) is 3.87. The quantitative estimate of drug-likeness (QED) is 0.854. The summed E-state index contributed by atoms with van der Waals surface area (Å²) >= 11 is 0. The SMILES string of the molecule is CC1CC(C(=O)N(CCO)Cc2ccccc2)CCN1. The van der Waals surface area contributed by atoms with Gasteiger partial charge >= 0.3 is 0 Å². The zero-order valence-corrected chi connectivity index (χ0v) is 12.1. The molecule has 2 atom stereocenters. The Morgan fingerprint density at radius 1 is 1.40 bits per heavy atom. The van der Waals surface area contributed by atoms with Crippen LogP contribution in [0, 0.1) is 5.92 Å². The monoisotopic (exact) mass is 276 g/mol. The predicted octanol–water partition coefficient (Wildman–Crippen LogP) is 1.40. The predicted molar refractivity (Wildman–Crippen MR) is 79.1 cm³/mol. The number of amides is 1. The van der Waals surface area contributed by atoms with Gasteiger partial charge in [-0.1, -0.05) is 30.3 Å². The van der Waals surface area contributed by atoms with E-state index in [0.717, 1.165) is 24.9 Å². The van der Waals surface area contributed by atoms with Crippen LogP contribution in [0.25, 0.3) is 0 Å². The van der Waals surface area contributed by atoms with Crippen LogP contribution in [0.1, 0.15) is 25.3 Å². The lowest BCUT2D eigenvalue weighted by Crippen LogP contribution is -2.44. The normalized spacial score (nSPS) is 22.5. The lowest BCUT2D eigenvalue weighted by molar-refractivity contribution is -0.137. The molecule has 0 aliphatic carbocycles. The van der Waals surface area contributed by atoms with Gasteiger partial charge in [-0.05, 0) is 31.9 Å². The van der Waals surface area contributed by atoms with Crippen molar-refractivity contribution in [3.05, 3.63) is 35.9 Å². The fourth-order valence-corrected chi connectivity index (χ4v) is 2.81. The van der Waals surface area contributed by atoms with Gasteiger partial charge in [0.2, 0.25) is 5.91 Å². The van der Waals surface area contributed by atoms with Crippen molar-refractivity contribution < 1.29 is 9.90 Å². The Bertz CT molecular complexity index is 422. The van der Waals surface area contributed by atoms with E-state index in [1.54, 1.807) is 4.90 Å². The number of hydrogen-bond donors (Lipinski definition) is 2. The number of piperidine rings is 1. The Morgan fingerprint density at radius 2 is 2.15 bits per heavy atom. The van der Waals surface area contributed by atoms with E-state index in [2.05, 4.69) is 12.2 Å². The molecule has 0 radical (unpaired) electrons. The summed E-state index contributed by atoms with van der Waals surface area (Å²) in [6.45, 7) is 4.02. The van der Waals surface area contributed by atoms with Gasteiger partial charge in [0.15, 0.2) is 0 Å². The van der Waals surface area contributed by atoms with Gasteiger partial charge in [-0.25, -0.2) is 0 Å². The molecule has 1 aliphatic heterocycles. The van der Waals surface area contributed by atoms with E-state index in [1.165, 1.54) is 0 Å². The second kappa shape index (κ2) is 7.41. The molecule has 0 saturated carbocycles. The molecule has 2 N–H and O–H groups in total. The average molecular weight is 276 g/mol. The smallest absolute Gasteiger partial charge is 0.226 e. The van der Waals surface area contributed by atoms with Crippen LogP contribution in [-0.2, 0) is 11.3 Å². The molecule has 110 valence electrons. The van der Waals surface area contributed by atoms with E-state index < -0.39 is 0 Å². The summed E-state index contributed by atoms with van der Waals surface area (Å²) in [5, 5.41) is 12.6. The zero-order chi connectivity index (χ0) is 14.4. The first-order chi connectivity index (χ1) is 9.70. The summed E-state index contributed by atoms with van der Waals surface area (Å²) in [4.78, 5) is 14.4. The number of nitrogens with one attached hydrogen (secondary N) is 1. The van der Waals surface area contributed by atoms with Gasteiger partial charge in [-0.2, -0.15) is 0 Å². The van der Waals surface area contributed by atoms with Crippen molar-refractivity contribution in [2.24, 2.45) is 5.92 Å². The van der Waals surface area contributed by atoms with Gasteiger partial charge in [0.05, 0.1) is 6.61 Å². The van der Waals surface area contributed by atoms with Gasteiger partial charge in [0.1, 0.15) is 0 Å². The number of carbonyl (C=O) groups is 1. The van der Waals surface area contributed by atoms with Crippen LogP contribution in [0.15, 0.2) is 30.3 Å². The highest BCUT2D eigenvalue weighted by atomic mass is 16.3. The summed E-state index contributed by atoms with van der Waals surface area (Å²) in [6, 6.07) is 10.3. The van der Waals surface area contributed by atoms with Crippen molar-refractivity contribution in [3.8, 4) is 0 Å². The maximum absolute atomic E-state index is 12.6. The Labute approximate surface area is 120 Å². The van der Waals surface area contributed by atoms with Crippen LogP contribution in [0.2, 0.25) is 0 Å². The Kier molecular flexibility index (Phi) is 5.56. The van der Waals surface area contributed by atoms with Crippen LogP contribution in [-0.4, -0.2) is 41.7 Å². The number of rotatable bonds is 5. The third-order valence-electron chi connectivity index (χ3n) is 3.87. The fraction of sp³-hybridized carbons (Fsp3) is 0.562. The summed E-state index contributed by atoms with van der Waals surface area (Å²) in [5.41, 5.74) is 1.11. The van der Waals surface area contributed by atoms with Crippen LogP contribution >= 0.6 is 0 Å². The van der Waals surface area contributed by atoms with Crippen molar-refractivity contribution in [2.45, 2.75) is 32.4 Å². The van der Waals surface area contributed by atoms with E-state index in [9.17, 15) is 9.90 Å². The standard InChI is InChI=1S/C16H24N2O2/c1-13-11-15(7-8-17-13)16(20)18(9-10-19)12-14-5-3-2-4-6-14/h2-6,13,15,17,19H,7-12H2,1H3. The molecule has 1 amide bonds. The van der Waals surface area contributed by atoms with Crippen molar-refractivity contribution in [1.29, 1.82) is 0 Å². The average Bonchev–Trinajstić information content (AvgIpc) is 2.47. The first kappa shape index (κ1) is 15.0. The minimum atomic E-state index is 0.0130. The van der Waals surface area contributed by atoms with Gasteiger partial charge in [-0.3, -0.25) is 4.79 Å². The van der Waals surface area contributed by atoms with Gasteiger partial charge in [0, 0.05) is 25.0 Å². The van der Waals surface area contributed by atoms with E-state index in [4.69, 9.17) is 0 Å². The molecule has 0 spiro atoms. The summed E-state index contributed by atoms with van der Waals surface area (Å²) in [5.74, 6) is 0.262. The molecule has 1 aliphatic rings. The Balaban J connectivity index is 2.01. The van der Waals surface area contributed by atoms with Crippen LogP contribution in [0.4, 0.5) is 0 Å². The van der Waals surface area contributed by atoms with E-state index >= 15 is 0 Å². The van der Waals surface area contributed by atoms with Gasteiger partial charge in [0.25, 0.3) is 0 Å². The molecule has 1 aromatic rings. The summed E-state index contributed by atoms with van der Waals surface area (Å²) < 4.78 is 0. The minimum Gasteiger partial charge on any atom is -0.395 e. The van der Waals surface area contributed by atoms with E-state index in [1.807, 2.05) is 30.3 Å². The molecule has 1 saturated heterocycles. The summed E-state index contributed by atoms with van der Waals surface area (Å²) in [6.07, 6.45) is 1.77. The van der Waals surface area contributed by atoms with E-state index in [0.29, 0.717) is 19.1 Å². The van der Waals surface area contributed by atoms with Crippen molar-refractivity contribution in [1.82, 2.24) is 10.2 Å². The number of hydrogen-bond acceptors (Lipinski definition) is 3. The van der Waals surface area contributed by atoms with E-state index in [-0.39, 0.29) is 18.4 Å². The molecule has 4 heteroatoms. The highest BCUT2D eigenvalue weighted by Crippen LogP contribution is 2.20. The van der Waals surface area contributed by atoms with Gasteiger partial charge in [-0.15, -0.1) is 0 Å². The van der Waals surface area contributed by atoms with Crippen LogP contribution < -0.4 is 5.32 Å². The molecule has 0 bridgehead atoms. The molecule has 20 heavy (non-hydrogen) atoms. The number of aliphatic hydroxyl groups is 1.